The first-order chi connectivity index (χ1) is 11.3. The number of nitrogens with one attached hydrogen (secondary N) is 1. The summed E-state index contributed by atoms with van der Waals surface area (Å²) >= 11 is 1.51. The van der Waals surface area contributed by atoms with Gasteiger partial charge in [-0.1, -0.05) is 12.5 Å². The van der Waals surface area contributed by atoms with Gasteiger partial charge in [0.25, 0.3) is 0 Å². The Balaban J connectivity index is 1.45. The van der Waals surface area contributed by atoms with Crippen LogP contribution in [0.15, 0.2) is 29.9 Å². The van der Waals surface area contributed by atoms with Crippen molar-refractivity contribution >= 4 is 22.4 Å². The van der Waals surface area contributed by atoms with E-state index in [1.54, 1.807) is 12.4 Å². The third kappa shape index (κ3) is 5.11. The minimum atomic E-state index is 0.00715. The van der Waals surface area contributed by atoms with E-state index in [0.717, 1.165) is 30.9 Å². The zero-order chi connectivity index (χ0) is 15.9. The fraction of sp³-hybridized carbons (Fsp3) is 0.471. The minimum absolute atomic E-state index is 0.00715. The summed E-state index contributed by atoms with van der Waals surface area (Å²) in [6.45, 7) is 3.21. The molecule has 1 fully saturated rings. The van der Waals surface area contributed by atoms with Crippen LogP contribution in [0, 0.1) is 0 Å². The molecule has 122 valence electrons. The van der Waals surface area contributed by atoms with E-state index in [1.807, 2.05) is 17.5 Å². The van der Waals surface area contributed by atoms with E-state index >= 15 is 0 Å². The number of rotatable bonds is 6. The molecule has 0 spiro atoms. The number of carbonyl (C=O) groups excluding carboxylic acids is 1. The van der Waals surface area contributed by atoms with E-state index in [0.29, 0.717) is 18.0 Å². The molecule has 0 bridgehead atoms. The number of nitrogens with zero attached hydrogens (tertiary/aromatic N) is 3. The highest BCUT2D eigenvalue weighted by atomic mass is 32.1. The number of anilines is 1. The number of likely N-dealkylation sites (tertiary alicyclic amines) is 1. The molecule has 3 rings (SSSR count). The van der Waals surface area contributed by atoms with Crippen LogP contribution >= 0.6 is 11.3 Å². The van der Waals surface area contributed by atoms with Gasteiger partial charge in [0.1, 0.15) is 0 Å². The maximum Gasteiger partial charge on any atom is 0.226 e. The number of piperidine rings is 1. The Hall–Kier alpha value is -1.79. The van der Waals surface area contributed by atoms with Crippen LogP contribution in [0.1, 0.15) is 36.9 Å². The van der Waals surface area contributed by atoms with Gasteiger partial charge in [-0.2, -0.15) is 0 Å². The monoisotopic (exact) mass is 330 g/mol. The average molecular weight is 330 g/mol. The predicted molar refractivity (Wildman–Crippen MR) is 92.4 cm³/mol. The van der Waals surface area contributed by atoms with Crippen LogP contribution in [0.4, 0.5) is 5.13 Å². The third-order valence-electron chi connectivity index (χ3n) is 4.00. The molecule has 0 radical (unpaired) electrons. The van der Waals surface area contributed by atoms with Crippen LogP contribution in [-0.4, -0.2) is 33.9 Å². The second-order valence-corrected chi connectivity index (χ2v) is 6.75. The maximum atomic E-state index is 12.0. The number of hydrogen-bond acceptors (Lipinski definition) is 5. The lowest BCUT2D eigenvalue weighted by Crippen LogP contribution is -2.29. The molecule has 23 heavy (non-hydrogen) atoms. The lowest BCUT2D eigenvalue weighted by molar-refractivity contribution is -0.116. The topological polar surface area (TPSA) is 58.1 Å². The highest BCUT2D eigenvalue weighted by molar-refractivity contribution is 7.13. The van der Waals surface area contributed by atoms with E-state index in [4.69, 9.17) is 0 Å². The second kappa shape index (κ2) is 8.17. The molecule has 3 heterocycles. The van der Waals surface area contributed by atoms with Crippen LogP contribution < -0.4 is 5.32 Å². The van der Waals surface area contributed by atoms with Crippen LogP contribution in [0.2, 0.25) is 0 Å². The lowest BCUT2D eigenvalue weighted by atomic mass is 10.1. The van der Waals surface area contributed by atoms with Crippen molar-refractivity contribution in [3.05, 3.63) is 41.2 Å². The molecular formula is C17H22N4OS. The Bertz CT molecular complexity index is 623. The summed E-state index contributed by atoms with van der Waals surface area (Å²) < 4.78 is 0. The Morgan fingerprint density at radius 3 is 2.96 bits per heavy atom. The average Bonchev–Trinajstić information content (AvgIpc) is 3.02. The Labute approximate surface area is 140 Å². The summed E-state index contributed by atoms with van der Waals surface area (Å²) in [5.74, 6) is 0.00715. The first-order valence-corrected chi connectivity index (χ1v) is 9.03. The fourth-order valence-corrected chi connectivity index (χ4v) is 3.49. The molecule has 1 aliphatic heterocycles. The summed E-state index contributed by atoms with van der Waals surface area (Å²) in [7, 11) is 0. The second-order valence-electron chi connectivity index (χ2n) is 5.89. The smallest absolute Gasteiger partial charge is 0.226 e. The normalized spacial score (nSPS) is 15.5. The summed E-state index contributed by atoms with van der Waals surface area (Å²) in [5.41, 5.74) is 2.13. The highest BCUT2D eigenvalue weighted by Gasteiger charge is 2.13. The zero-order valence-corrected chi connectivity index (χ0v) is 14.0. The molecule has 1 amide bonds. The molecule has 5 nitrogen and oxygen atoms in total. The van der Waals surface area contributed by atoms with Crippen molar-refractivity contribution < 1.29 is 4.79 Å². The van der Waals surface area contributed by atoms with Crippen LogP contribution in [0.5, 0.6) is 0 Å². The van der Waals surface area contributed by atoms with Crippen LogP contribution in [-0.2, 0) is 17.8 Å². The van der Waals surface area contributed by atoms with Crippen LogP contribution in [0.25, 0.3) is 0 Å². The first-order valence-electron chi connectivity index (χ1n) is 8.15. The summed E-state index contributed by atoms with van der Waals surface area (Å²) in [6.07, 6.45) is 8.59. The fourth-order valence-electron chi connectivity index (χ4n) is 2.77. The van der Waals surface area contributed by atoms with Crippen molar-refractivity contribution in [2.45, 2.75) is 38.6 Å². The molecule has 0 aromatic carbocycles. The van der Waals surface area contributed by atoms with Gasteiger partial charge in [-0.15, -0.1) is 11.3 Å². The lowest BCUT2D eigenvalue weighted by Gasteiger charge is -2.25. The van der Waals surface area contributed by atoms with Crippen molar-refractivity contribution in [2.75, 3.05) is 18.4 Å². The summed E-state index contributed by atoms with van der Waals surface area (Å²) in [6, 6.07) is 3.88. The van der Waals surface area contributed by atoms with Gasteiger partial charge in [0.05, 0.1) is 5.69 Å². The molecule has 1 N–H and O–H groups in total. The molecule has 1 saturated heterocycles. The summed E-state index contributed by atoms with van der Waals surface area (Å²) in [5, 5.41) is 5.65. The minimum Gasteiger partial charge on any atom is -0.302 e. The van der Waals surface area contributed by atoms with E-state index in [2.05, 4.69) is 20.2 Å². The van der Waals surface area contributed by atoms with Gasteiger partial charge in [-0.05, 0) is 44.0 Å². The number of pyridine rings is 1. The highest BCUT2D eigenvalue weighted by Crippen LogP contribution is 2.19. The van der Waals surface area contributed by atoms with Crippen LogP contribution in [0.3, 0.4) is 0 Å². The van der Waals surface area contributed by atoms with Crippen molar-refractivity contribution in [3.8, 4) is 0 Å². The predicted octanol–water partition coefficient (Wildman–Crippen LogP) is 3.10. The van der Waals surface area contributed by atoms with Gasteiger partial charge in [-0.3, -0.25) is 14.7 Å². The Morgan fingerprint density at radius 1 is 1.30 bits per heavy atom. The van der Waals surface area contributed by atoms with Gasteiger partial charge in [0, 0.05) is 30.7 Å². The maximum absolute atomic E-state index is 12.0. The standard InChI is InChI=1S/C17H22N4OS/c22-16(7-6-14-5-4-8-18-11-14)20-17-19-15(13-23-17)12-21-9-2-1-3-10-21/h4-5,8,11,13H,1-3,6-7,9-10,12H2,(H,19,20,22). The van der Waals surface area contributed by atoms with Gasteiger partial charge < -0.3 is 5.32 Å². The number of carbonyl (C=O) groups is 1. The Kier molecular flexibility index (Phi) is 5.71. The van der Waals surface area contributed by atoms with Gasteiger partial charge >= 0.3 is 0 Å². The number of hydrogen-bond donors (Lipinski definition) is 1. The molecule has 0 aliphatic carbocycles. The molecule has 2 aromatic heterocycles. The summed E-state index contributed by atoms with van der Waals surface area (Å²) in [4.78, 5) is 23.0. The molecule has 1 aliphatic rings. The largest absolute Gasteiger partial charge is 0.302 e. The van der Waals surface area contributed by atoms with E-state index < -0.39 is 0 Å². The van der Waals surface area contributed by atoms with E-state index in [9.17, 15) is 4.79 Å². The van der Waals surface area contributed by atoms with E-state index in [-0.39, 0.29) is 5.91 Å². The van der Waals surface area contributed by atoms with Gasteiger partial charge in [0.15, 0.2) is 5.13 Å². The molecule has 6 heteroatoms. The first kappa shape index (κ1) is 16.1. The number of thiazole rings is 1. The van der Waals surface area contributed by atoms with Crippen molar-refractivity contribution in [2.24, 2.45) is 0 Å². The number of amides is 1. The van der Waals surface area contributed by atoms with E-state index in [1.165, 1.54) is 30.6 Å². The van der Waals surface area contributed by atoms with Crippen molar-refractivity contribution in [1.29, 1.82) is 0 Å². The zero-order valence-electron chi connectivity index (χ0n) is 13.2. The molecule has 2 aromatic rings. The van der Waals surface area contributed by atoms with Crippen molar-refractivity contribution in [1.82, 2.24) is 14.9 Å². The van der Waals surface area contributed by atoms with Gasteiger partial charge in [0.2, 0.25) is 5.91 Å². The van der Waals surface area contributed by atoms with Crippen molar-refractivity contribution in [3.63, 3.8) is 0 Å². The number of aromatic nitrogens is 2. The molecule has 0 atom stereocenters. The third-order valence-corrected chi connectivity index (χ3v) is 4.80. The SMILES string of the molecule is O=C(CCc1cccnc1)Nc1nc(CN2CCCCC2)cs1. The number of aryl methyl sites for hydroxylation is 1. The molecule has 0 unspecified atom stereocenters. The molecule has 0 saturated carbocycles. The van der Waals surface area contributed by atoms with Gasteiger partial charge in [-0.25, -0.2) is 4.98 Å². The molecular weight excluding hydrogens is 308 g/mol. The Morgan fingerprint density at radius 2 is 2.17 bits per heavy atom. The quantitative estimate of drug-likeness (QED) is 0.884.